The van der Waals surface area contributed by atoms with Crippen molar-refractivity contribution in [2.24, 2.45) is 5.84 Å². The van der Waals surface area contributed by atoms with Crippen LogP contribution in [0, 0.1) is 6.92 Å². The highest BCUT2D eigenvalue weighted by molar-refractivity contribution is 6.08. The Morgan fingerprint density at radius 2 is 2.14 bits per heavy atom. The van der Waals surface area contributed by atoms with Crippen molar-refractivity contribution in [1.82, 2.24) is 4.98 Å². The summed E-state index contributed by atoms with van der Waals surface area (Å²) >= 11 is 0. The van der Waals surface area contributed by atoms with Crippen molar-refractivity contribution in [1.29, 1.82) is 0 Å². The molecule has 1 aliphatic rings. The summed E-state index contributed by atoms with van der Waals surface area (Å²) in [6.45, 7) is 3.91. The van der Waals surface area contributed by atoms with Crippen LogP contribution in [0.2, 0.25) is 0 Å². The molecule has 5 heteroatoms. The maximum absolute atomic E-state index is 12.9. The SMILES string of the molecule is Cc1cc(C(=O)N2c3ccccc3CC2C)cc(NN)n1. The molecular weight excluding hydrogens is 264 g/mol. The Morgan fingerprint density at radius 3 is 2.90 bits per heavy atom. The summed E-state index contributed by atoms with van der Waals surface area (Å²) in [4.78, 5) is 18.9. The number of anilines is 2. The lowest BCUT2D eigenvalue weighted by atomic mass is 10.1. The Bertz CT molecular complexity index is 698. The summed E-state index contributed by atoms with van der Waals surface area (Å²) in [5.41, 5.74) is 6.06. The molecule has 3 N–H and O–H groups in total. The molecule has 0 radical (unpaired) electrons. The smallest absolute Gasteiger partial charge is 0.258 e. The number of carbonyl (C=O) groups is 1. The molecule has 1 aromatic heterocycles. The van der Waals surface area contributed by atoms with E-state index in [0.717, 1.165) is 17.8 Å². The molecule has 0 saturated carbocycles. The van der Waals surface area contributed by atoms with Crippen LogP contribution in [-0.4, -0.2) is 16.9 Å². The molecule has 1 amide bonds. The molecule has 21 heavy (non-hydrogen) atoms. The Morgan fingerprint density at radius 1 is 1.38 bits per heavy atom. The molecule has 0 aliphatic carbocycles. The van der Waals surface area contributed by atoms with Gasteiger partial charge in [0.25, 0.3) is 5.91 Å². The lowest BCUT2D eigenvalue weighted by molar-refractivity contribution is 0.0981. The summed E-state index contributed by atoms with van der Waals surface area (Å²) in [5, 5.41) is 0. The predicted octanol–water partition coefficient (Wildman–Crippen LogP) is 2.27. The van der Waals surface area contributed by atoms with Gasteiger partial charge in [-0.15, -0.1) is 0 Å². The topological polar surface area (TPSA) is 71.2 Å². The third-order valence-electron chi connectivity index (χ3n) is 3.77. The maximum Gasteiger partial charge on any atom is 0.258 e. The third kappa shape index (κ3) is 2.36. The normalized spacial score (nSPS) is 16.7. The van der Waals surface area contributed by atoms with E-state index in [1.807, 2.05) is 30.0 Å². The number of aryl methyl sites for hydroxylation is 1. The standard InChI is InChI=1S/C16H18N4O/c1-10-7-13(9-15(18-10)19-17)16(21)20-11(2)8-12-5-3-4-6-14(12)20/h3-7,9,11H,8,17H2,1-2H3,(H,18,19). The number of nitrogens with zero attached hydrogens (tertiary/aromatic N) is 2. The number of amides is 1. The van der Waals surface area contributed by atoms with Crippen LogP contribution in [-0.2, 0) is 6.42 Å². The van der Waals surface area contributed by atoms with Crippen molar-refractivity contribution < 1.29 is 4.79 Å². The first kappa shape index (κ1) is 13.6. The van der Waals surface area contributed by atoms with Gasteiger partial charge < -0.3 is 10.3 Å². The minimum Gasteiger partial charge on any atom is -0.308 e. The molecule has 0 saturated heterocycles. The molecule has 1 unspecified atom stereocenters. The summed E-state index contributed by atoms with van der Waals surface area (Å²) in [5.74, 6) is 5.89. The van der Waals surface area contributed by atoms with Crippen LogP contribution in [0.15, 0.2) is 36.4 Å². The zero-order valence-electron chi connectivity index (χ0n) is 12.1. The molecule has 0 spiro atoms. The fourth-order valence-electron chi connectivity index (χ4n) is 2.88. The number of benzene rings is 1. The number of hydrogen-bond acceptors (Lipinski definition) is 4. The summed E-state index contributed by atoms with van der Waals surface area (Å²) in [6, 6.07) is 11.7. The summed E-state index contributed by atoms with van der Waals surface area (Å²) in [7, 11) is 0. The number of nitrogens with two attached hydrogens (primary N) is 1. The van der Waals surface area contributed by atoms with Crippen molar-refractivity contribution in [2.75, 3.05) is 10.3 Å². The molecule has 3 rings (SSSR count). The van der Waals surface area contributed by atoms with Gasteiger partial charge in [0.05, 0.1) is 0 Å². The van der Waals surface area contributed by atoms with E-state index in [4.69, 9.17) is 5.84 Å². The van der Waals surface area contributed by atoms with Gasteiger partial charge in [0.1, 0.15) is 5.82 Å². The summed E-state index contributed by atoms with van der Waals surface area (Å²) < 4.78 is 0. The number of pyridine rings is 1. The molecule has 5 nitrogen and oxygen atoms in total. The van der Waals surface area contributed by atoms with Gasteiger partial charge in [-0.25, -0.2) is 10.8 Å². The number of nitrogens with one attached hydrogen (secondary N) is 1. The molecule has 108 valence electrons. The van der Waals surface area contributed by atoms with Gasteiger partial charge in [-0.1, -0.05) is 18.2 Å². The van der Waals surface area contributed by atoms with Gasteiger partial charge in [0.15, 0.2) is 0 Å². The Balaban J connectivity index is 2.01. The fraction of sp³-hybridized carbons (Fsp3) is 0.250. The third-order valence-corrected chi connectivity index (χ3v) is 3.77. The second-order valence-electron chi connectivity index (χ2n) is 5.38. The average molecular weight is 282 g/mol. The quantitative estimate of drug-likeness (QED) is 0.655. The summed E-state index contributed by atoms with van der Waals surface area (Å²) in [6.07, 6.45) is 0.883. The van der Waals surface area contributed by atoms with Gasteiger partial charge in [-0.3, -0.25) is 4.79 Å². The van der Waals surface area contributed by atoms with Gasteiger partial charge in [-0.2, -0.15) is 0 Å². The Hall–Kier alpha value is -2.40. The minimum absolute atomic E-state index is 0.0190. The highest BCUT2D eigenvalue weighted by atomic mass is 16.2. The van der Waals surface area contributed by atoms with Crippen molar-refractivity contribution in [3.05, 3.63) is 53.2 Å². The lowest BCUT2D eigenvalue weighted by Crippen LogP contribution is -2.35. The molecule has 2 heterocycles. The number of carbonyl (C=O) groups excluding carboxylic acids is 1. The van der Waals surface area contributed by atoms with E-state index in [1.54, 1.807) is 12.1 Å². The van der Waals surface area contributed by atoms with Crippen LogP contribution < -0.4 is 16.2 Å². The number of nitrogen functional groups attached to an aromatic ring is 1. The van der Waals surface area contributed by atoms with Crippen LogP contribution >= 0.6 is 0 Å². The van der Waals surface area contributed by atoms with E-state index in [1.165, 1.54) is 5.56 Å². The maximum atomic E-state index is 12.9. The highest BCUT2D eigenvalue weighted by Crippen LogP contribution is 2.33. The van der Waals surface area contributed by atoms with Crippen molar-refractivity contribution in [2.45, 2.75) is 26.3 Å². The van der Waals surface area contributed by atoms with Gasteiger partial charge in [0.2, 0.25) is 0 Å². The van der Waals surface area contributed by atoms with Crippen LogP contribution in [0.3, 0.4) is 0 Å². The zero-order valence-corrected chi connectivity index (χ0v) is 12.1. The second-order valence-corrected chi connectivity index (χ2v) is 5.38. The van der Waals surface area contributed by atoms with Crippen LogP contribution in [0.5, 0.6) is 0 Å². The van der Waals surface area contributed by atoms with E-state index >= 15 is 0 Å². The Kier molecular flexibility index (Phi) is 3.35. The number of hydrogen-bond donors (Lipinski definition) is 2. The fourth-order valence-corrected chi connectivity index (χ4v) is 2.88. The van der Waals surface area contributed by atoms with E-state index in [9.17, 15) is 4.79 Å². The van der Waals surface area contributed by atoms with E-state index < -0.39 is 0 Å². The Labute approximate surface area is 123 Å². The molecule has 0 fully saturated rings. The lowest BCUT2D eigenvalue weighted by Gasteiger charge is -2.23. The number of aromatic nitrogens is 1. The van der Waals surface area contributed by atoms with Crippen molar-refractivity contribution in [3.63, 3.8) is 0 Å². The molecule has 2 aromatic rings. The average Bonchev–Trinajstić information content (AvgIpc) is 2.81. The first-order valence-corrected chi connectivity index (χ1v) is 6.97. The molecular formula is C16H18N4O. The molecule has 1 atom stereocenters. The first-order chi connectivity index (χ1) is 10.1. The first-order valence-electron chi connectivity index (χ1n) is 6.97. The van der Waals surface area contributed by atoms with Gasteiger partial charge in [-0.05, 0) is 44.0 Å². The van der Waals surface area contributed by atoms with Crippen LogP contribution in [0.4, 0.5) is 11.5 Å². The monoisotopic (exact) mass is 282 g/mol. The van der Waals surface area contributed by atoms with Crippen LogP contribution in [0.1, 0.15) is 28.5 Å². The number of fused-ring (bicyclic) bond motifs is 1. The van der Waals surface area contributed by atoms with E-state index in [-0.39, 0.29) is 11.9 Å². The number of rotatable bonds is 2. The van der Waals surface area contributed by atoms with E-state index in [0.29, 0.717) is 11.4 Å². The number of para-hydroxylation sites is 1. The second kappa shape index (κ2) is 5.18. The zero-order chi connectivity index (χ0) is 15.0. The van der Waals surface area contributed by atoms with Gasteiger partial charge in [0, 0.05) is 23.0 Å². The van der Waals surface area contributed by atoms with E-state index in [2.05, 4.69) is 23.4 Å². The predicted molar refractivity (Wildman–Crippen MR) is 83.2 cm³/mol. The number of hydrazine groups is 1. The van der Waals surface area contributed by atoms with Gasteiger partial charge >= 0.3 is 0 Å². The van der Waals surface area contributed by atoms with Crippen molar-refractivity contribution in [3.8, 4) is 0 Å². The largest absolute Gasteiger partial charge is 0.308 e. The molecule has 1 aromatic carbocycles. The molecule has 0 bridgehead atoms. The highest BCUT2D eigenvalue weighted by Gasteiger charge is 2.31. The van der Waals surface area contributed by atoms with Crippen LogP contribution in [0.25, 0.3) is 0 Å². The van der Waals surface area contributed by atoms with Crippen molar-refractivity contribution >= 4 is 17.4 Å². The molecule has 1 aliphatic heterocycles. The minimum atomic E-state index is -0.0190.